The van der Waals surface area contributed by atoms with Gasteiger partial charge in [-0.15, -0.1) is 0 Å². The maximum Gasteiger partial charge on any atom is 0.236 e. The molecule has 4 nitrogen and oxygen atoms in total. The second-order valence-electron chi connectivity index (χ2n) is 5.00. The summed E-state index contributed by atoms with van der Waals surface area (Å²) in [7, 11) is 0. The lowest BCUT2D eigenvalue weighted by Crippen LogP contribution is -2.43. The lowest BCUT2D eigenvalue weighted by Gasteiger charge is -2.15. The average molecular weight is 244 g/mol. The van der Waals surface area contributed by atoms with Crippen LogP contribution in [0.5, 0.6) is 0 Å². The summed E-state index contributed by atoms with van der Waals surface area (Å²) in [6.07, 6.45) is 2.20. The highest BCUT2D eigenvalue weighted by Gasteiger charge is 2.11. The van der Waals surface area contributed by atoms with E-state index in [1.807, 2.05) is 13.8 Å². The summed E-state index contributed by atoms with van der Waals surface area (Å²) in [6.45, 7) is 9.49. The van der Waals surface area contributed by atoms with E-state index < -0.39 is 0 Å². The molecule has 17 heavy (non-hydrogen) atoms. The zero-order valence-corrected chi connectivity index (χ0v) is 11.6. The summed E-state index contributed by atoms with van der Waals surface area (Å²) in [5.74, 6) is 0.648. The molecule has 0 aromatic rings. The Bertz CT molecular complexity index is 208. The van der Waals surface area contributed by atoms with E-state index in [1.54, 1.807) is 0 Å². The van der Waals surface area contributed by atoms with Crippen molar-refractivity contribution in [3.63, 3.8) is 0 Å². The van der Waals surface area contributed by atoms with Gasteiger partial charge in [0.25, 0.3) is 0 Å². The molecule has 0 bridgehead atoms. The number of hydrogen-bond acceptors (Lipinski definition) is 3. The van der Waals surface area contributed by atoms with Crippen LogP contribution < -0.4 is 10.6 Å². The maximum absolute atomic E-state index is 11.6. The van der Waals surface area contributed by atoms with Crippen molar-refractivity contribution in [2.24, 2.45) is 5.92 Å². The van der Waals surface area contributed by atoms with Crippen LogP contribution in [0.4, 0.5) is 0 Å². The number of hydrogen-bond donors (Lipinski definition) is 3. The van der Waals surface area contributed by atoms with Crippen molar-refractivity contribution < 1.29 is 9.90 Å². The Morgan fingerprint density at radius 2 is 1.82 bits per heavy atom. The zero-order chi connectivity index (χ0) is 13.3. The van der Waals surface area contributed by atoms with Crippen molar-refractivity contribution in [1.82, 2.24) is 10.6 Å². The molecule has 0 aliphatic carbocycles. The molecule has 0 heterocycles. The van der Waals surface area contributed by atoms with Gasteiger partial charge in [-0.1, -0.05) is 20.8 Å². The van der Waals surface area contributed by atoms with Crippen molar-refractivity contribution in [1.29, 1.82) is 0 Å². The first-order valence-electron chi connectivity index (χ1n) is 6.66. The molecule has 2 atom stereocenters. The highest BCUT2D eigenvalue weighted by atomic mass is 16.3. The Hall–Kier alpha value is -0.610. The van der Waals surface area contributed by atoms with E-state index in [2.05, 4.69) is 24.5 Å². The summed E-state index contributed by atoms with van der Waals surface area (Å²) < 4.78 is 0. The van der Waals surface area contributed by atoms with Crippen LogP contribution in [0.3, 0.4) is 0 Å². The van der Waals surface area contributed by atoms with E-state index in [1.165, 1.54) is 0 Å². The minimum absolute atomic E-state index is 0.0386. The molecule has 0 rings (SSSR count). The molecule has 102 valence electrons. The fourth-order valence-electron chi connectivity index (χ4n) is 1.40. The first-order valence-corrected chi connectivity index (χ1v) is 6.66. The Balaban J connectivity index is 3.60. The molecule has 0 aliphatic heterocycles. The minimum Gasteiger partial charge on any atom is -0.393 e. The van der Waals surface area contributed by atoms with Gasteiger partial charge in [-0.3, -0.25) is 4.79 Å². The second kappa shape index (κ2) is 9.42. The molecule has 3 N–H and O–H groups in total. The van der Waals surface area contributed by atoms with Gasteiger partial charge in [0.05, 0.1) is 12.1 Å². The van der Waals surface area contributed by atoms with Crippen LogP contribution in [0.2, 0.25) is 0 Å². The molecule has 0 saturated carbocycles. The smallest absolute Gasteiger partial charge is 0.236 e. The van der Waals surface area contributed by atoms with Crippen molar-refractivity contribution in [2.45, 2.75) is 59.1 Å². The normalized spacial score (nSPS) is 14.7. The molecule has 0 fully saturated rings. The van der Waals surface area contributed by atoms with E-state index in [9.17, 15) is 9.90 Å². The van der Waals surface area contributed by atoms with Crippen LogP contribution >= 0.6 is 0 Å². The first kappa shape index (κ1) is 16.4. The molecule has 4 heteroatoms. The van der Waals surface area contributed by atoms with Crippen LogP contribution in [0.15, 0.2) is 0 Å². The Morgan fingerprint density at radius 1 is 1.18 bits per heavy atom. The van der Waals surface area contributed by atoms with Gasteiger partial charge in [-0.05, 0) is 38.6 Å². The summed E-state index contributed by atoms with van der Waals surface area (Å²) in [6, 6.07) is -0.189. The van der Waals surface area contributed by atoms with Gasteiger partial charge in [-0.2, -0.15) is 0 Å². The number of amides is 1. The van der Waals surface area contributed by atoms with Crippen LogP contribution in [-0.4, -0.2) is 36.2 Å². The monoisotopic (exact) mass is 244 g/mol. The molecule has 0 saturated heterocycles. The number of nitrogens with one attached hydrogen (secondary N) is 2. The quantitative estimate of drug-likeness (QED) is 0.573. The van der Waals surface area contributed by atoms with Crippen LogP contribution in [0, 0.1) is 5.92 Å². The predicted molar refractivity (Wildman–Crippen MR) is 70.8 cm³/mol. The first-order chi connectivity index (χ1) is 7.97. The zero-order valence-electron chi connectivity index (χ0n) is 11.6. The van der Waals surface area contributed by atoms with Gasteiger partial charge in [0.15, 0.2) is 0 Å². The van der Waals surface area contributed by atoms with E-state index in [0.29, 0.717) is 18.9 Å². The summed E-state index contributed by atoms with van der Waals surface area (Å²) in [4.78, 5) is 11.6. The second-order valence-corrected chi connectivity index (χ2v) is 5.00. The van der Waals surface area contributed by atoms with Gasteiger partial charge in [0, 0.05) is 6.54 Å². The third kappa shape index (κ3) is 9.12. The Morgan fingerprint density at radius 3 is 2.35 bits per heavy atom. The summed E-state index contributed by atoms with van der Waals surface area (Å²) in [5.41, 5.74) is 0. The third-order valence-corrected chi connectivity index (χ3v) is 2.81. The summed E-state index contributed by atoms with van der Waals surface area (Å²) in [5, 5.41) is 15.4. The molecule has 0 radical (unpaired) electrons. The standard InChI is InChI=1S/C13H28N2O2/c1-5-12(16)7-9-14-11(4)13(17)15-8-6-10(2)3/h10-12,14,16H,5-9H2,1-4H3,(H,15,17). The Kier molecular flexibility index (Phi) is 9.09. The highest BCUT2D eigenvalue weighted by molar-refractivity contribution is 5.81. The lowest BCUT2D eigenvalue weighted by atomic mass is 10.1. The van der Waals surface area contributed by atoms with Gasteiger partial charge < -0.3 is 15.7 Å². The molecular weight excluding hydrogens is 216 g/mol. The molecule has 0 aromatic carbocycles. The van der Waals surface area contributed by atoms with Crippen LogP contribution in [0.1, 0.15) is 47.0 Å². The molecule has 2 unspecified atom stereocenters. The third-order valence-electron chi connectivity index (χ3n) is 2.81. The number of carbonyl (C=O) groups is 1. The summed E-state index contributed by atoms with van der Waals surface area (Å²) >= 11 is 0. The van der Waals surface area contributed by atoms with Crippen molar-refractivity contribution >= 4 is 5.91 Å². The fraction of sp³-hybridized carbons (Fsp3) is 0.923. The average Bonchev–Trinajstić information content (AvgIpc) is 2.27. The SMILES string of the molecule is CCC(O)CCNC(C)C(=O)NCCC(C)C. The van der Waals surface area contributed by atoms with Gasteiger partial charge in [0.2, 0.25) is 5.91 Å². The minimum atomic E-state index is -0.265. The largest absolute Gasteiger partial charge is 0.393 e. The van der Waals surface area contributed by atoms with Gasteiger partial charge in [0.1, 0.15) is 0 Å². The van der Waals surface area contributed by atoms with E-state index >= 15 is 0 Å². The van der Waals surface area contributed by atoms with E-state index in [0.717, 1.165) is 19.4 Å². The van der Waals surface area contributed by atoms with Gasteiger partial charge >= 0.3 is 0 Å². The number of aliphatic hydroxyl groups is 1. The predicted octanol–water partition coefficient (Wildman–Crippen LogP) is 1.29. The number of carbonyl (C=O) groups excluding carboxylic acids is 1. The van der Waals surface area contributed by atoms with Gasteiger partial charge in [-0.25, -0.2) is 0 Å². The molecular formula is C13H28N2O2. The van der Waals surface area contributed by atoms with Crippen molar-refractivity contribution in [2.75, 3.05) is 13.1 Å². The van der Waals surface area contributed by atoms with E-state index in [4.69, 9.17) is 0 Å². The molecule has 0 aromatic heterocycles. The van der Waals surface area contributed by atoms with Crippen LogP contribution in [0.25, 0.3) is 0 Å². The van der Waals surface area contributed by atoms with Crippen molar-refractivity contribution in [3.05, 3.63) is 0 Å². The number of aliphatic hydroxyl groups excluding tert-OH is 1. The fourth-order valence-corrected chi connectivity index (χ4v) is 1.40. The molecule has 0 aliphatic rings. The van der Waals surface area contributed by atoms with Crippen LogP contribution in [-0.2, 0) is 4.79 Å². The highest BCUT2D eigenvalue weighted by Crippen LogP contribution is 1.97. The van der Waals surface area contributed by atoms with Crippen molar-refractivity contribution in [3.8, 4) is 0 Å². The topological polar surface area (TPSA) is 61.4 Å². The molecule has 1 amide bonds. The maximum atomic E-state index is 11.6. The lowest BCUT2D eigenvalue weighted by molar-refractivity contribution is -0.122. The Labute approximate surface area is 105 Å². The molecule has 0 spiro atoms. The number of rotatable bonds is 9. The van der Waals surface area contributed by atoms with E-state index in [-0.39, 0.29) is 18.1 Å².